The lowest BCUT2D eigenvalue weighted by atomic mass is 9.78. The average molecular weight is 309 g/mol. The zero-order chi connectivity index (χ0) is 16.6. The lowest BCUT2D eigenvalue weighted by Gasteiger charge is -2.25. The lowest BCUT2D eigenvalue weighted by molar-refractivity contribution is 0.0776. The Balaban J connectivity index is 1.86. The highest BCUT2D eigenvalue weighted by atomic mass is 16.2. The second-order valence-electron chi connectivity index (χ2n) is 7.05. The Morgan fingerprint density at radius 2 is 1.91 bits per heavy atom. The van der Waals surface area contributed by atoms with Crippen LogP contribution in [0.5, 0.6) is 0 Å². The van der Waals surface area contributed by atoms with Crippen LogP contribution in [0.3, 0.4) is 0 Å². The molecule has 0 saturated carbocycles. The largest absolute Gasteiger partial charge is 0.337 e. The summed E-state index contributed by atoms with van der Waals surface area (Å²) in [7, 11) is 0. The van der Waals surface area contributed by atoms with E-state index in [9.17, 15) is 4.79 Å². The van der Waals surface area contributed by atoms with Crippen molar-refractivity contribution in [3.63, 3.8) is 0 Å². The number of rotatable bonds is 2. The Labute approximate surface area is 137 Å². The topological polar surface area (TPSA) is 46.1 Å². The second kappa shape index (κ2) is 5.76. The van der Waals surface area contributed by atoms with Crippen LogP contribution in [0.15, 0.2) is 36.5 Å². The first kappa shape index (κ1) is 15.7. The molecule has 4 nitrogen and oxygen atoms in total. The first-order valence-corrected chi connectivity index (χ1v) is 8.03. The van der Waals surface area contributed by atoms with Gasteiger partial charge in [-0.05, 0) is 24.8 Å². The number of likely N-dealkylation sites (tertiary alicyclic amines) is 1. The van der Waals surface area contributed by atoms with E-state index in [1.165, 1.54) is 5.56 Å². The van der Waals surface area contributed by atoms with Gasteiger partial charge in [0.25, 0.3) is 5.91 Å². The van der Waals surface area contributed by atoms with Crippen LogP contribution in [-0.2, 0) is 0 Å². The maximum Gasteiger partial charge on any atom is 0.257 e. The molecule has 1 atom stereocenters. The van der Waals surface area contributed by atoms with E-state index in [0.29, 0.717) is 17.3 Å². The molecule has 0 radical (unpaired) electrons. The zero-order valence-corrected chi connectivity index (χ0v) is 14.2. The molecule has 1 amide bonds. The number of aryl methyl sites for hydroxylation is 2. The third kappa shape index (κ3) is 2.98. The van der Waals surface area contributed by atoms with Gasteiger partial charge in [-0.25, -0.2) is 9.97 Å². The van der Waals surface area contributed by atoms with Gasteiger partial charge in [0.15, 0.2) is 0 Å². The lowest BCUT2D eigenvalue weighted by Crippen LogP contribution is -2.31. The molecule has 1 aliphatic heterocycles. The smallest absolute Gasteiger partial charge is 0.257 e. The van der Waals surface area contributed by atoms with E-state index in [-0.39, 0.29) is 11.3 Å². The molecule has 2 heterocycles. The summed E-state index contributed by atoms with van der Waals surface area (Å²) in [6, 6.07) is 10.5. The van der Waals surface area contributed by atoms with Gasteiger partial charge in [-0.1, -0.05) is 44.2 Å². The van der Waals surface area contributed by atoms with Crippen LogP contribution in [0.25, 0.3) is 0 Å². The van der Waals surface area contributed by atoms with Crippen molar-refractivity contribution in [2.75, 3.05) is 13.1 Å². The summed E-state index contributed by atoms with van der Waals surface area (Å²) in [5.74, 6) is 1.08. The fourth-order valence-corrected chi connectivity index (χ4v) is 3.49. The molecule has 1 saturated heterocycles. The summed E-state index contributed by atoms with van der Waals surface area (Å²) >= 11 is 0. The Bertz CT molecular complexity index is 725. The van der Waals surface area contributed by atoms with Crippen LogP contribution >= 0.6 is 0 Å². The molecule has 120 valence electrons. The van der Waals surface area contributed by atoms with E-state index in [1.807, 2.05) is 24.8 Å². The Kier molecular flexibility index (Phi) is 3.92. The number of carbonyl (C=O) groups is 1. The number of benzene rings is 1. The van der Waals surface area contributed by atoms with Crippen LogP contribution in [0.1, 0.15) is 47.2 Å². The van der Waals surface area contributed by atoms with E-state index in [1.54, 1.807) is 6.20 Å². The van der Waals surface area contributed by atoms with Crippen molar-refractivity contribution in [1.82, 2.24) is 14.9 Å². The molecule has 1 aliphatic rings. The van der Waals surface area contributed by atoms with E-state index in [0.717, 1.165) is 18.8 Å². The minimum absolute atomic E-state index is 0.0361. The van der Waals surface area contributed by atoms with E-state index in [2.05, 4.69) is 48.1 Å². The minimum atomic E-state index is 0.0361. The predicted molar refractivity (Wildman–Crippen MR) is 90.4 cm³/mol. The molecular formula is C19H23N3O. The Morgan fingerprint density at radius 3 is 2.57 bits per heavy atom. The number of hydrogen-bond donors (Lipinski definition) is 0. The second-order valence-corrected chi connectivity index (χ2v) is 7.05. The molecule has 0 aliphatic carbocycles. The molecular weight excluding hydrogens is 286 g/mol. The third-order valence-electron chi connectivity index (χ3n) is 4.76. The van der Waals surface area contributed by atoms with Crippen molar-refractivity contribution in [1.29, 1.82) is 0 Å². The summed E-state index contributed by atoms with van der Waals surface area (Å²) in [5, 5.41) is 0. The molecule has 4 heteroatoms. The minimum Gasteiger partial charge on any atom is -0.337 e. The van der Waals surface area contributed by atoms with E-state index < -0.39 is 0 Å². The van der Waals surface area contributed by atoms with Gasteiger partial charge in [0, 0.05) is 25.2 Å². The number of amides is 1. The average Bonchev–Trinajstić information content (AvgIpc) is 2.83. The third-order valence-corrected chi connectivity index (χ3v) is 4.76. The van der Waals surface area contributed by atoms with Crippen molar-refractivity contribution in [2.45, 2.75) is 33.6 Å². The zero-order valence-electron chi connectivity index (χ0n) is 14.2. The summed E-state index contributed by atoms with van der Waals surface area (Å²) in [6.45, 7) is 9.66. The maximum atomic E-state index is 12.9. The van der Waals surface area contributed by atoms with Gasteiger partial charge < -0.3 is 4.90 Å². The van der Waals surface area contributed by atoms with Gasteiger partial charge in [0.1, 0.15) is 5.82 Å². The first-order valence-electron chi connectivity index (χ1n) is 8.03. The van der Waals surface area contributed by atoms with Gasteiger partial charge >= 0.3 is 0 Å². The van der Waals surface area contributed by atoms with E-state index in [4.69, 9.17) is 0 Å². The molecule has 3 rings (SSSR count). The highest BCUT2D eigenvalue weighted by Crippen LogP contribution is 2.42. The standard InChI is InChI=1S/C19H23N3O/c1-13-16(10-20-14(2)21-13)18(23)22-11-17(19(3,4)12-22)15-8-6-5-7-9-15/h5-10,17H,11-12H2,1-4H3/t17-/m0/s1. The first-order chi connectivity index (χ1) is 10.9. The number of aromatic nitrogens is 2. The van der Waals surface area contributed by atoms with Gasteiger partial charge in [0.05, 0.1) is 11.3 Å². The molecule has 1 fully saturated rings. The summed E-state index contributed by atoms with van der Waals surface area (Å²) in [5.41, 5.74) is 2.71. The van der Waals surface area contributed by atoms with Crippen molar-refractivity contribution in [2.24, 2.45) is 5.41 Å². The Hall–Kier alpha value is -2.23. The fraction of sp³-hybridized carbons (Fsp3) is 0.421. The molecule has 0 N–H and O–H groups in total. The monoisotopic (exact) mass is 309 g/mol. The molecule has 23 heavy (non-hydrogen) atoms. The van der Waals surface area contributed by atoms with Crippen molar-refractivity contribution >= 4 is 5.91 Å². The van der Waals surface area contributed by atoms with Crippen LogP contribution in [0, 0.1) is 19.3 Å². The molecule has 0 unspecified atom stereocenters. The summed E-state index contributed by atoms with van der Waals surface area (Å²) in [4.78, 5) is 23.3. The predicted octanol–water partition coefficient (Wildman–Crippen LogP) is 3.36. The molecule has 1 aromatic carbocycles. The Morgan fingerprint density at radius 1 is 1.22 bits per heavy atom. The highest BCUT2D eigenvalue weighted by molar-refractivity contribution is 5.95. The van der Waals surface area contributed by atoms with Gasteiger partial charge in [-0.15, -0.1) is 0 Å². The molecule has 0 bridgehead atoms. The van der Waals surface area contributed by atoms with Crippen LogP contribution < -0.4 is 0 Å². The van der Waals surface area contributed by atoms with Crippen LogP contribution in [-0.4, -0.2) is 33.9 Å². The summed E-state index contributed by atoms with van der Waals surface area (Å²) < 4.78 is 0. The van der Waals surface area contributed by atoms with Crippen molar-refractivity contribution in [3.8, 4) is 0 Å². The van der Waals surface area contributed by atoms with Gasteiger partial charge in [-0.3, -0.25) is 4.79 Å². The molecule has 2 aromatic rings. The van der Waals surface area contributed by atoms with Crippen molar-refractivity contribution < 1.29 is 4.79 Å². The van der Waals surface area contributed by atoms with Crippen molar-refractivity contribution in [3.05, 3.63) is 59.2 Å². The van der Waals surface area contributed by atoms with E-state index >= 15 is 0 Å². The maximum absolute atomic E-state index is 12.9. The number of hydrogen-bond acceptors (Lipinski definition) is 3. The van der Waals surface area contributed by atoms with Gasteiger partial charge in [0.2, 0.25) is 0 Å². The number of nitrogens with zero attached hydrogens (tertiary/aromatic N) is 3. The van der Waals surface area contributed by atoms with Crippen LogP contribution in [0.2, 0.25) is 0 Å². The normalized spacial score (nSPS) is 19.8. The fourth-order valence-electron chi connectivity index (χ4n) is 3.49. The van der Waals surface area contributed by atoms with Crippen LogP contribution in [0.4, 0.5) is 0 Å². The molecule has 1 aromatic heterocycles. The quantitative estimate of drug-likeness (QED) is 0.854. The molecule has 0 spiro atoms. The number of carbonyl (C=O) groups excluding carboxylic acids is 1. The van der Waals surface area contributed by atoms with Gasteiger partial charge in [-0.2, -0.15) is 0 Å². The highest BCUT2D eigenvalue weighted by Gasteiger charge is 2.42. The SMILES string of the molecule is Cc1ncc(C(=O)N2C[C@@H](c3ccccc3)C(C)(C)C2)c(C)n1. The summed E-state index contributed by atoms with van der Waals surface area (Å²) in [6.07, 6.45) is 1.66.